The Kier molecular flexibility index (Phi) is 4.79. The van der Waals surface area contributed by atoms with Crippen LogP contribution in [0.3, 0.4) is 0 Å². The molecule has 0 saturated heterocycles. The second-order valence-corrected chi connectivity index (χ2v) is 6.18. The van der Waals surface area contributed by atoms with E-state index in [1.165, 1.54) is 0 Å². The first-order valence-corrected chi connectivity index (χ1v) is 7.99. The van der Waals surface area contributed by atoms with Gasteiger partial charge in [0.1, 0.15) is 0 Å². The number of fused-ring (bicyclic) bond motifs is 1. The Morgan fingerprint density at radius 1 is 0.926 bits per heavy atom. The first-order valence-electron chi connectivity index (χ1n) is 7.99. The fraction of sp³-hybridized carbons (Fsp3) is 0.278. The third-order valence-electron chi connectivity index (χ3n) is 4.28. The maximum Gasteiger partial charge on any atom is 0.416 e. The van der Waals surface area contributed by atoms with Gasteiger partial charge in [-0.15, -0.1) is 0 Å². The summed E-state index contributed by atoms with van der Waals surface area (Å²) in [6, 6.07) is 7.09. The predicted molar refractivity (Wildman–Crippen MR) is 86.1 cm³/mol. The lowest BCUT2D eigenvalue weighted by Crippen LogP contribution is -2.31. The molecule has 144 valence electrons. The number of halogens is 6. The van der Waals surface area contributed by atoms with Gasteiger partial charge in [-0.05, 0) is 42.2 Å². The lowest BCUT2D eigenvalue weighted by molar-refractivity contribution is -0.143. The highest BCUT2D eigenvalue weighted by molar-refractivity contribution is 5.89. The molecule has 1 unspecified atom stereocenters. The number of urea groups is 1. The molecule has 2 amide bonds. The number of nitrogens with one attached hydrogen (secondary N) is 2. The number of benzene rings is 2. The number of aryl methyl sites for hydroxylation is 1. The molecule has 0 heterocycles. The van der Waals surface area contributed by atoms with Gasteiger partial charge in [0, 0.05) is 5.69 Å². The Morgan fingerprint density at radius 2 is 1.52 bits per heavy atom. The van der Waals surface area contributed by atoms with Crippen molar-refractivity contribution in [2.75, 3.05) is 5.32 Å². The molecule has 2 N–H and O–H groups in total. The molecule has 0 aliphatic heterocycles. The second kappa shape index (κ2) is 6.79. The zero-order valence-corrected chi connectivity index (χ0v) is 13.7. The Bertz CT molecular complexity index is 827. The van der Waals surface area contributed by atoms with E-state index >= 15 is 0 Å². The first-order chi connectivity index (χ1) is 12.5. The van der Waals surface area contributed by atoms with Gasteiger partial charge in [-0.3, -0.25) is 0 Å². The van der Waals surface area contributed by atoms with Crippen molar-refractivity contribution in [1.29, 1.82) is 0 Å². The molecule has 0 radical (unpaired) electrons. The van der Waals surface area contributed by atoms with E-state index in [1.807, 2.05) is 18.2 Å². The Balaban J connectivity index is 1.80. The average molecular weight is 388 g/mol. The Hall–Kier alpha value is -2.71. The summed E-state index contributed by atoms with van der Waals surface area (Å²) < 4.78 is 77.2. The molecule has 3 nitrogen and oxygen atoms in total. The predicted octanol–water partition coefficient (Wildman–Crippen LogP) is 5.53. The summed E-state index contributed by atoms with van der Waals surface area (Å²) in [6.07, 6.45) is -8.62. The Labute approximate surface area is 150 Å². The molecule has 1 atom stereocenters. The van der Waals surface area contributed by atoms with E-state index in [4.69, 9.17) is 0 Å². The molecule has 2 aromatic carbocycles. The number of amides is 2. The summed E-state index contributed by atoms with van der Waals surface area (Å²) in [7, 11) is 0. The van der Waals surface area contributed by atoms with Crippen molar-refractivity contribution < 1.29 is 31.1 Å². The monoisotopic (exact) mass is 388 g/mol. The molecule has 27 heavy (non-hydrogen) atoms. The minimum Gasteiger partial charge on any atom is -0.331 e. The van der Waals surface area contributed by atoms with Crippen molar-refractivity contribution in [3.63, 3.8) is 0 Å². The molecule has 0 aromatic heterocycles. The highest BCUT2D eigenvalue weighted by Gasteiger charge is 2.37. The third-order valence-corrected chi connectivity index (χ3v) is 4.28. The SMILES string of the molecule is O=C(Nc1cc(C(F)(F)F)cc(C(F)(F)F)c1)NC1CCc2ccccc21. The topological polar surface area (TPSA) is 41.1 Å². The number of hydrogen-bond donors (Lipinski definition) is 2. The van der Waals surface area contributed by atoms with E-state index in [-0.39, 0.29) is 12.1 Å². The van der Waals surface area contributed by atoms with Gasteiger partial charge in [0.25, 0.3) is 0 Å². The average Bonchev–Trinajstić information content (AvgIpc) is 2.96. The van der Waals surface area contributed by atoms with Gasteiger partial charge < -0.3 is 10.6 Å². The largest absolute Gasteiger partial charge is 0.416 e. The van der Waals surface area contributed by atoms with Crippen LogP contribution in [-0.2, 0) is 18.8 Å². The standard InChI is InChI=1S/C18H14F6N2O/c19-17(20,21)11-7-12(18(22,23)24)9-13(8-11)25-16(27)26-15-6-5-10-3-1-2-4-14(10)15/h1-4,7-9,15H,5-6H2,(H2,25,26,27). The lowest BCUT2D eigenvalue weighted by atomic mass is 10.1. The number of carbonyl (C=O) groups excluding carboxylic acids is 1. The molecule has 0 bridgehead atoms. The highest BCUT2D eigenvalue weighted by Crippen LogP contribution is 2.37. The molecule has 0 spiro atoms. The molecule has 3 rings (SSSR count). The van der Waals surface area contributed by atoms with Gasteiger partial charge >= 0.3 is 18.4 Å². The zero-order valence-electron chi connectivity index (χ0n) is 13.7. The minimum atomic E-state index is -4.97. The van der Waals surface area contributed by atoms with Crippen LogP contribution in [-0.4, -0.2) is 6.03 Å². The van der Waals surface area contributed by atoms with Gasteiger partial charge in [0.15, 0.2) is 0 Å². The number of hydrogen-bond acceptors (Lipinski definition) is 1. The van der Waals surface area contributed by atoms with Crippen LogP contribution in [0.15, 0.2) is 42.5 Å². The second-order valence-electron chi connectivity index (χ2n) is 6.18. The number of carbonyl (C=O) groups is 1. The summed E-state index contributed by atoms with van der Waals surface area (Å²) in [6.45, 7) is 0. The summed E-state index contributed by atoms with van der Waals surface area (Å²) >= 11 is 0. The van der Waals surface area contributed by atoms with E-state index in [2.05, 4.69) is 10.6 Å². The van der Waals surface area contributed by atoms with Crippen LogP contribution in [0.25, 0.3) is 0 Å². The lowest BCUT2D eigenvalue weighted by Gasteiger charge is -2.17. The summed E-state index contributed by atoms with van der Waals surface area (Å²) in [5.41, 5.74) is -1.63. The van der Waals surface area contributed by atoms with E-state index in [1.54, 1.807) is 6.07 Å². The number of rotatable bonds is 2. The third kappa shape index (κ3) is 4.35. The maximum absolute atomic E-state index is 12.9. The van der Waals surface area contributed by atoms with E-state index in [9.17, 15) is 31.1 Å². The maximum atomic E-state index is 12.9. The summed E-state index contributed by atoms with van der Waals surface area (Å²) in [5, 5.41) is 4.66. The zero-order chi connectivity index (χ0) is 19.8. The number of alkyl halides is 6. The van der Waals surface area contributed by atoms with Crippen LogP contribution in [0, 0.1) is 0 Å². The molecular formula is C18H14F6N2O. The van der Waals surface area contributed by atoms with Crippen molar-refractivity contribution in [2.45, 2.75) is 31.2 Å². The Morgan fingerprint density at radius 3 is 2.11 bits per heavy atom. The van der Waals surface area contributed by atoms with Crippen molar-refractivity contribution in [2.24, 2.45) is 0 Å². The van der Waals surface area contributed by atoms with Gasteiger partial charge in [-0.2, -0.15) is 26.3 Å². The van der Waals surface area contributed by atoms with E-state index in [0.717, 1.165) is 17.5 Å². The van der Waals surface area contributed by atoms with Crippen molar-refractivity contribution in [3.8, 4) is 0 Å². The first kappa shape index (κ1) is 19.1. The van der Waals surface area contributed by atoms with Gasteiger partial charge in [0.2, 0.25) is 0 Å². The number of anilines is 1. The fourth-order valence-electron chi connectivity index (χ4n) is 3.06. The summed E-state index contributed by atoms with van der Waals surface area (Å²) in [4.78, 5) is 12.1. The van der Waals surface area contributed by atoms with Crippen LogP contribution >= 0.6 is 0 Å². The van der Waals surface area contributed by atoms with Crippen molar-refractivity contribution >= 4 is 11.7 Å². The van der Waals surface area contributed by atoms with Crippen LogP contribution < -0.4 is 10.6 Å². The van der Waals surface area contributed by atoms with Gasteiger partial charge in [-0.1, -0.05) is 24.3 Å². The summed E-state index contributed by atoms with van der Waals surface area (Å²) in [5.74, 6) is 0. The quantitative estimate of drug-likeness (QED) is 0.653. The van der Waals surface area contributed by atoms with E-state index in [0.29, 0.717) is 18.6 Å². The molecule has 9 heteroatoms. The minimum absolute atomic E-state index is 0.0102. The molecular weight excluding hydrogens is 374 g/mol. The van der Waals surface area contributed by atoms with Crippen molar-refractivity contribution in [1.82, 2.24) is 5.32 Å². The highest BCUT2D eigenvalue weighted by atomic mass is 19.4. The molecule has 2 aromatic rings. The molecule has 1 aliphatic carbocycles. The van der Waals surface area contributed by atoms with Crippen LogP contribution in [0.2, 0.25) is 0 Å². The van der Waals surface area contributed by atoms with E-state index < -0.39 is 35.2 Å². The van der Waals surface area contributed by atoms with Crippen LogP contribution in [0.5, 0.6) is 0 Å². The van der Waals surface area contributed by atoms with Gasteiger partial charge in [0.05, 0.1) is 17.2 Å². The smallest absolute Gasteiger partial charge is 0.331 e. The van der Waals surface area contributed by atoms with Gasteiger partial charge in [-0.25, -0.2) is 4.79 Å². The molecule has 1 aliphatic rings. The molecule has 0 saturated carbocycles. The normalized spacial score (nSPS) is 16.7. The fourth-order valence-corrected chi connectivity index (χ4v) is 3.06. The van der Waals surface area contributed by atoms with Crippen LogP contribution in [0.1, 0.15) is 34.7 Å². The molecule has 0 fully saturated rings. The van der Waals surface area contributed by atoms with Crippen molar-refractivity contribution in [3.05, 3.63) is 64.7 Å². The van der Waals surface area contributed by atoms with Crippen LogP contribution in [0.4, 0.5) is 36.8 Å².